The van der Waals surface area contributed by atoms with E-state index in [0.29, 0.717) is 18.3 Å². The van der Waals surface area contributed by atoms with Gasteiger partial charge in [0.15, 0.2) is 0 Å². The molecule has 2 aromatic heterocycles. The number of hydrogen-bond donors (Lipinski definition) is 0. The zero-order chi connectivity index (χ0) is 17.9. The molecule has 2 heterocycles. The number of rotatable bonds is 6. The number of aromatic nitrogens is 4. The first-order valence-electron chi connectivity index (χ1n) is 8.81. The van der Waals surface area contributed by atoms with Crippen LogP contribution in [0.3, 0.4) is 0 Å². The van der Waals surface area contributed by atoms with Crippen LogP contribution in [0.15, 0.2) is 53.3 Å². The van der Waals surface area contributed by atoms with Crippen molar-refractivity contribution in [3.05, 3.63) is 48.8 Å². The van der Waals surface area contributed by atoms with E-state index in [1.165, 1.54) is 0 Å². The molecule has 4 rings (SSSR count). The third kappa shape index (κ3) is 2.94. The fourth-order valence-corrected chi connectivity index (χ4v) is 3.00. The molecule has 0 N–H and O–H groups in total. The van der Waals surface area contributed by atoms with Gasteiger partial charge in [-0.3, -0.25) is 0 Å². The molecule has 4 aromatic rings. The Morgan fingerprint density at radius 1 is 1.12 bits per heavy atom. The Morgan fingerprint density at radius 2 is 2.00 bits per heavy atom. The zero-order valence-electron chi connectivity index (χ0n) is 14.8. The van der Waals surface area contributed by atoms with Gasteiger partial charge in [-0.2, -0.15) is 4.98 Å². The molecule has 6 heteroatoms. The van der Waals surface area contributed by atoms with Crippen LogP contribution in [0.1, 0.15) is 20.3 Å². The summed E-state index contributed by atoms with van der Waals surface area (Å²) in [7, 11) is 0. The van der Waals surface area contributed by atoms with Crippen LogP contribution in [-0.2, 0) is 6.54 Å². The summed E-state index contributed by atoms with van der Waals surface area (Å²) in [6.45, 7) is 5.63. The third-order valence-electron chi connectivity index (χ3n) is 4.19. The van der Waals surface area contributed by atoms with Gasteiger partial charge in [-0.05, 0) is 43.7 Å². The highest BCUT2D eigenvalue weighted by molar-refractivity contribution is 5.81. The lowest BCUT2D eigenvalue weighted by molar-refractivity contribution is 0.339. The second-order valence-electron chi connectivity index (χ2n) is 5.99. The van der Waals surface area contributed by atoms with Gasteiger partial charge in [0.1, 0.15) is 5.75 Å². The van der Waals surface area contributed by atoms with Crippen LogP contribution in [0.4, 0.5) is 0 Å². The van der Waals surface area contributed by atoms with E-state index in [2.05, 4.69) is 32.7 Å². The number of aryl methyl sites for hydroxylation is 1. The van der Waals surface area contributed by atoms with Crippen LogP contribution < -0.4 is 4.74 Å². The van der Waals surface area contributed by atoms with Gasteiger partial charge < -0.3 is 13.8 Å². The molecule has 0 fully saturated rings. The zero-order valence-corrected chi connectivity index (χ0v) is 14.8. The van der Waals surface area contributed by atoms with Gasteiger partial charge in [-0.25, -0.2) is 4.98 Å². The fourth-order valence-electron chi connectivity index (χ4n) is 3.00. The Kier molecular flexibility index (Phi) is 4.39. The summed E-state index contributed by atoms with van der Waals surface area (Å²) < 4.78 is 13.3. The van der Waals surface area contributed by atoms with Crippen LogP contribution >= 0.6 is 0 Å². The topological polar surface area (TPSA) is 66.0 Å². The predicted molar refractivity (Wildman–Crippen MR) is 99.9 cm³/mol. The highest BCUT2D eigenvalue weighted by Crippen LogP contribution is 2.30. The predicted octanol–water partition coefficient (Wildman–Crippen LogP) is 4.56. The first-order valence-corrected chi connectivity index (χ1v) is 8.81. The molecular formula is C20H20N4O2. The molecule has 0 amide bonds. The lowest BCUT2D eigenvalue weighted by atomic mass is 10.2. The number of benzene rings is 2. The standard InChI is InChI=1S/C20H20N4O2/c1-3-11-24-13-21-16-12-14(9-10-17(16)24)19-22-20(26-23-19)15-7-5-6-8-18(15)25-4-2/h5-10,12-13H,3-4,11H2,1-2H3. The van der Waals surface area contributed by atoms with Gasteiger partial charge in [0.25, 0.3) is 5.89 Å². The van der Waals surface area contributed by atoms with Gasteiger partial charge in [0.2, 0.25) is 5.82 Å². The minimum Gasteiger partial charge on any atom is -0.493 e. The van der Waals surface area contributed by atoms with E-state index in [1.54, 1.807) is 0 Å². The molecule has 26 heavy (non-hydrogen) atoms. The van der Waals surface area contributed by atoms with Crippen molar-refractivity contribution in [2.24, 2.45) is 0 Å². The molecule has 0 atom stereocenters. The normalized spacial score (nSPS) is 11.2. The Bertz CT molecular complexity index is 1040. The second kappa shape index (κ2) is 7.00. The molecule has 0 unspecified atom stereocenters. The van der Waals surface area contributed by atoms with E-state index < -0.39 is 0 Å². The number of hydrogen-bond acceptors (Lipinski definition) is 5. The number of nitrogens with zero attached hydrogens (tertiary/aromatic N) is 4. The van der Waals surface area contributed by atoms with Crippen molar-refractivity contribution >= 4 is 11.0 Å². The molecule has 0 radical (unpaired) electrons. The van der Waals surface area contributed by atoms with Gasteiger partial charge in [-0.1, -0.05) is 24.2 Å². The van der Waals surface area contributed by atoms with Gasteiger partial charge in [0, 0.05) is 12.1 Å². The summed E-state index contributed by atoms with van der Waals surface area (Å²) in [5.41, 5.74) is 3.71. The lowest BCUT2D eigenvalue weighted by Crippen LogP contribution is -1.94. The van der Waals surface area contributed by atoms with Crippen LogP contribution in [0, 0.1) is 0 Å². The van der Waals surface area contributed by atoms with E-state index in [1.807, 2.05) is 49.6 Å². The van der Waals surface area contributed by atoms with E-state index >= 15 is 0 Å². The number of ether oxygens (including phenoxy) is 1. The minimum atomic E-state index is 0.445. The van der Waals surface area contributed by atoms with E-state index in [4.69, 9.17) is 9.26 Å². The molecule has 0 aliphatic carbocycles. The van der Waals surface area contributed by atoms with Crippen molar-refractivity contribution in [3.8, 4) is 28.6 Å². The van der Waals surface area contributed by atoms with Crippen molar-refractivity contribution in [2.75, 3.05) is 6.61 Å². The third-order valence-corrected chi connectivity index (χ3v) is 4.19. The Labute approximate surface area is 151 Å². The number of para-hydroxylation sites is 1. The van der Waals surface area contributed by atoms with E-state index in [9.17, 15) is 0 Å². The summed E-state index contributed by atoms with van der Waals surface area (Å²) in [5, 5.41) is 4.14. The number of fused-ring (bicyclic) bond motifs is 1. The molecular weight excluding hydrogens is 328 g/mol. The maximum absolute atomic E-state index is 5.65. The summed E-state index contributed by atoms with van der Waals surface area (Å²) >= 11 is 0. The molecule has 0 saturated heterocycles. The molecule has 0 saturated carbocycles. The minimum absolute atomic E-state index is 0.445. The van der Waals surface area contributed by atoms with Crippen molar-refractivity contribution in [1.82, 2.24) is 19.7 Å². The van der Waals surface area contributed by atoms with E-state index in [0.717, 1.165) is 40.9 Å². The average molecular weight is 348 g/mol. The van der Waals surface area contributed by atoms with Crippen molar-refractivity contribution in [1.29, 1.82) is 0 Å². The van der Waals surface area contributed by atoms with Crippen molar-refractivity contribution in [2.45, 2.75) is 26.8 Å². The SMILES string of the molecule is CCCn1cnc2cc(-c3noc(-c4ccccc4OCC)n3)ccc21. The quantitative estimate of drug-likeness (QED) is 0.511. The molecule has 0 aliphatic rings. The lowest BCUT2D eigenvalue weighted by Gasteiger charge is -2.05. The molecule has 0 spiro atoms. The molecule has 0 aliphatic heterocycles. The highest BCUT2D eigenvalue weighted by Gasteiger charge is 2.15. The van der Waals surface area contributed by atoms with Gasteiger partial charge in [0.05, 0.1) is 29.5 Å². The van der Waals surface area contributed by atoms with Gasteiger partial charge in [-0.15, -0.1) is 0 Å². The van der Waals surface area contributed by atoms with Gasteiger partial charge >= 0.3 is 0 Å². The first kappa shape index (κ1) is 16.3. The maximum Gasteiger partial charge on any atom is 0.262 e. The van der Waals surface area contributed by atoms with Crippen LogP contribution in [0.2, 0.25) is 0 Å². The van der Waals surface area contributed by atoms with Crippen LogP contribution in [-0.4, -0.2) is 26.3 Å². The smallest absolute Gasteiger partial charge is 0.262 e. The largest absolute Gasteiger partial charge is 0.493 e. The molecule has 2 aromatic carbocycles. The summed E-state index contributed by atoms with van der Waals surface area (Å²) in [4.78, 5) is 9.03. The first-order chi connectivity index (χ1) is 12.8. The summed E-state index contributed by atoms with van der Waals surface area (Å²) in [6, 6.07) is 13.7. The monoisotopic (exact) mass is 348 g/mol. The maximum atomic E-state index is 5.65. The van der Waals surface area contributed by atoms with Crippen molar-refractivity contribution in [3.63, 3.8) is 0 Å². The molecule has 0 bridgehead atoms. The Morgan fingerprint density at radius 3 is 2.85 bits per heavy atom. The van der Waals surface area contributed by atoms with Crippen molar-refractivity contribution < 1.29 is 9.26 Å². The fraction of sp³-hybridized carbons (Fsp3) is 0.250. The Hall–Kier alpha value is -3.15. The summed E-state index contributed by atoms with van der Waals surface area (Å²) in [6.07, 6.45) is 2.94. The number of imidazole rings is 1. The molecule has 132 valence electrons. The average Bonchev–Trinajstić information content (AvgIpc) is 3.30. The Balaban J connectivity index is 1.69. The molecule has 6 nitrogen and oxygen atoms in total. The highest BCUT2D eigenvalue weighted by atomic mass is 16.5. The summed E-state index contributed by atoms with van der Waals surface area (Å²) in [5.74, 6) is 1.72. The van der Waals surface area contributed by atoms with Crippen LogP contribution in [0.5, 0.6) is 5.75 Å². The van der Waals surface area contributed by atoms with Crippen LogP contribution in [0.25, 0.3) is 33.9 Å². The second-order valence-corrected chi connectivity index (χ2v) is 5.99. The van der Waals surface area contributed by atoms with E-state index in [-0.39, 0.29) is 0 Å².